The Morgan fingerprint density at radius 3 is 2.56 bits per heavy atom. The van der Waals surface area contributed by atoms with Gasteiger partial charge in [0.05, 0.1) is 7.11 Å². The van der Waals surface area contributed by atoms with E-state index in [1.165, 1.54) is 44.2 Å². The predicted octanol–water partition coefficient (Wildman–Crippen LogP) is 3.41. The third-order valence-corrected chi connectivity index (χ3v) is 3.65. The molecule has 1 unspecified atom stereocenters. The Hall–Kier alpha value is -1.02. The van der Waals surface area contributed by atoms with Crippen molar-refractivity contribution in [3.05, 3.63) is 29.8 Å². The molecular weight excluding hydrogens is 222 g/mol. The van der Waals surface area contributed by atoms with Crippen LogP contribution in [-0.4, -0.2) is 19.7 Å². The van der Waals surface area contributed by atoms with Crippen molar-refractivity contribution in [1.82, 2.24) is 5.32 Å². The van der Waals surface area contributed by atoms with E-state index < -0.39 is 0 Å². The van der Waals surface area contributed by atoms with Crippen LogP contribution in [0.3, 0.4) is 0 Å². The van der Waals surface area contributed by atoms with Crippen LogP contribution < -0.4 is 10.1 Å². The Morgan fingerprint density at radius 2 is 2.00 bits per heavy atom. The standard InChI is InChI=1S/C16H25NO/c1-3-4-14(12-17-15-7-8-15)11-13-5-9-16(18-2)10-6-13/h5-6,9-10,14-15,17H,3-4,7-8,11-12H2,1-2H3. The fraction of sp³-hybridized carbons (Fsp3) is 0.625. The molecular formula is C16H25NO. The minimum absolute atomic E-state index is 0.768. The van der Waals surface area contributed by atoms with Gasteiger partial charge in [-0.2, -0.15) is 0 Å². The summed E-state index contributed by atoms with van der Waals surface area (Å²) in [6, 6.07) is 9.33. The molecule has 1 atom stereocenters. The van der Waals surface area contributed by atoms with Gasteiger partial charge in [-0.25, -0.2) is 0 Å². The molecule has 0 bridgehead atoms. The van der Waals surface area contributed by atoms with Crippen molar-refractivity contribution < 1.29 is 4.74 Å². The minimum Gasteiger partial charge on any atom is -0.497 e. The van der Waals surface area contributed by atoms with Gasteiger partial charge >= 0.3 is 0 Å². The Bertz CT molecular complexity index is 343. The lowest BCUT2D eigenvalue weighted by atomic mass is 9.95. The quantitative estimate of drug-likeness (QED) is 0.760. The van der Waals surface area contributed by atoms with E-state index in [-0.39, 0.29) is 0 Å². The molecule has 1 saturated carbocycles. The third kappa shape index (κ3) is 4.34. The van der Waals surface area contributed by atoms with Crippen LogP contribution in [0.15, 0.2) is 24.3 Å². The molecule has 0 radical (unpaired) electrons. The van der Waals surface area contributed by atoms with Gasteiger partial charge in [0.25, 0.3) is 0 Å². The normalized spacial score (nSPS) is 16.6. The molecule has 2 heteroatoms. The Labute approximate surface area is 111 Å². The van der Waals surface area contributed by atoms with Gasteiger partial charge in [0, 0.05) is 6.04 Å². The maximum absolute atomic E-state index is 5.20. The molecule has 0 aromatic heterocycles. The summed E-state index contributed by atoms with van der Waals surface area (Å²) in [5.41, 5.74) is 1.42. The zero-order chi connectivity index (χ0) is 12.8. The van der Waals surface area contributed by atoms with Crippen molar-refractivity contribution in [1.29, 1.82) is 0 Å². The highest BCUT2D eigenvalue weighted by Gasteiger charge is 2.21. The average Bonchev–Trinajstić information content (AvgIpc) is 3.21. The molecule has 0 aliphatic heterocycles. The van der Waals surface area contributed by atoms with E-state index >= 15 is 0 Å². The van der Waals surface area contributed by atoms with E-state index in [0.29, 0.717) is 0 Å². The average molecular weight is 247 g/mol. The van der Waals surface area contributed by atoms with Gasteiger partial charge in [-0.05, 0) is 55.8 Å². The van der Waals surface area contributed by atoms with Crippen LogP contribution in [0.5, 0.6) is 5.75 Å². The molecule has 1 aromatic carbocycles. The van der Waals surface area contributed by atoms with E-state index in [1.54, 1.807) is 7.11 Å². The number of rotatable bonds is 8. The lowest BCUT2D eigenvalue weighted by Crippen LogP contribution is -2.26. The van der Waals surface area contributed by atoms with Crippen LogP contribution in [0.2, 0.25) is 0 Å². The fourth-order valence-electron chi connectivity index (χ4n) is 2.40. The van der Waals surface area contributed by atoms with Gasteiger partial charge in [-0.1, -0.05) is 25.5 Å². The first-order chi connectivity index (χ1) is 8.81. The highest BCUT2D eigenvalue weighted by Crippen LogP contribution is 2.21. The summed E-state index contributed by atoms with van der Waals surface area (Å²) in [5, 5.41) is 3.66. The van der Waals surface area contributed by atoms with E-state index in [2.05, 4.69) is 36.5 Å². The van der Waals surface area contributed by atoms with Gasteiger partial charge in [0.1, 0.15) is 5.75 Å². The fourth-order valence-corrected chi connectivity index (χ4v) is 2.40. The monoisotopic (exact) mass is 247 g/mol. The number of benzene rings is 1. The van der Waals surface area contributed by atoms with Gasteiger partial charge in [0.2, 0.25) is 0 Å². The Kier molecular flexibility index (Phi) is 5.06. The molecule has 18 heavy (non-hydrogen) atoms. The van der Waals surface area contributed by atoms with Crippen LogP contribution >= 0.6 is 0 Å². The van der Waals surface area contributed by atoms with Gasteiger partial charge in [0.15, 0.2) is 0 Å². The molecule has 1 fully saturated rings. The van der Waals surface area contributed by atoms with Crippen molar-refractivity contribution >= 4 is 0 Å². The van der Waals surface area contributed by atoms with Crippen LogP contribution in [0.1, 0.15) is 38.2 Å². The molecule has 1 aliphatic carbocycles. The topological polar surface area (TPSA) is 21.3 Å². The van der Waals surface area contributed by atoms with Crippen molar-refractivity contribution in [2.24, 2.45) is 5.92 Å². The first-order valence-electron chi connectivity index (χ1n) is 7.18. The van der Waals surface area contributed by atoms with Gasteiger partial charge in [-0.3, -0.25) is 0 Å². The maximum atomic E-state index is 5.20. The zero-order valence-corrected chi connectivity index (χ0v) is 11.6. The second-order valence-corrected chi connectivity index (χ2v) is 5.39. The summed E-state index contributed by atoms with van der Waals surface area (Å²) < 4.78 is 5.20. The first kappa shape index (κ1) is 13.4. The molecule has 1 aliphatic rings. The summed E-state index contributed by atoms with van der Waals surface area (Å²) in [6.45, 7) is 3.45. The van der Waals surface area contributed by atoms with Crippen molar-refractivity contribution in [3.8, 4) is 5.75 Å². The largest absolute Gasteiger partial charge is 0.497 e. The second kappa shape index (κ2) is 6.79. The van der Waals surface area contributed by atoms with Crippen molar-refractivity contribution in [3.63, 3.8) is 0 Å². The smallest absolute Gasteiger partial charge is 0.118 e. The molecule has 1 N–H and O–H groups in total. The third-order valence-electron chi connectivity index (χ3n) is 3.65. The number of ether oxygens (including phenoxy) is 1. The van der Waals surface area contributed by atoms with Crippen molar-refractivity contribution in [2.75, 3.05) is 13.7 Å². The van der Waals surface area contributed by atoms with Crippen LogP contribution in [0.25, 0.3) is 0 Å². The maximum Gasteiger partial charge on any atom is 0.118 e. The Morgan fingerprint density at radius 1 is 1.28 bits per heavy atom. The molecule has 100 valence electrons. The number of methoxy groups -OCH3 is 1. The summed E-state index contributed by atoms with van der Waals surface area (Å²) >= 11 is 0. The lowest BCUT2D eigenvalue weighted by molar-refractivity contribution is 0.413. The summed E-state index contributed by atoms with van der Waals surface area (Å²) in [4.78, 5) is 0. The van der Waals surface area contributed by atoms with E-state index in [9.17, 15) is 0 Å². The summed E-state index contributed by atoms with van der Waals surface area (Å²) in [5.74, 6) is 1.71. The van der Waals surface area contributed by atoms with Crippen LogP contribution in [-0.2, 0) is 6.42 Å². The molecule has 1 aromatic rings. The summed E-state index contributed by atoms with van der Waals surface area (Å²) in [7, 11) is 1.72. The van der Waals surface area contributed by atoms with E-state index in [0.717, 1.165) is 17.7 Å². The van der Waals surface area contributed by atoms with Crippen molar-refractivity contribution in [2.45, 2.75) is 45.1 Å². The molecule has 0 spiro atoms. The molecule has 2 nitrogen and oxygen atoms in total. The second-order valence-electron chi connectivity index (χ2n) is 5.39. The van der Waals surface area contributed by atoms with Gasteiger partial charge in [-0.15, -0.1) is 0 Å². The van der Waals surface area contributed by atoms with E-state index in [4.69, 9.17) is 4.74 Å². The number of nitrogens with one attached hydrogen (secondary N) is 1. The zero-order valence-electron chi connectivity index (χ0n) is 11.6. The van der Waals surface area contributed by atoms with Gasteiger partial charge < -0.3 is 10.1 Å². The van der Waals surface area contributed by atoms with E-state index in [1.807, 2.05) is 0 Å². The highest BCUT2D eigenvalue weighted by molar-refractivity contribution is 5.27. The Balaban J connectivity index is 1.84. The summed E-state index contributed by atoms with van der Waals surface area (Å²) in [6.07, 6.45) is 6.51. The predicted molar refractivity (Wildman–Crippen MR) is 76.1 cm³/mol. The SMILES string of the molecule is CCCC(CNC1CC1)Cc1ccc(OC)cc1. The molecule has 2 rings (SSSR count). The molecule has 0 amide bonds. The first-order valence-corrected chi connectivity index (χ1v) is 7.18. The van der Waals surface area contributed by atoms with Crippen LogP contribution in [0.4, 0.5) is 0 Å². The number of hydrogen-bond acceptors (Lipinski definition) is 2. The lowest BCUT2D eigenvalue weighted by Gasteiger charge is -2.17. The van der Waals surface area contributed by atoms with Crippen LogP contribution in [0, 0.1) is 5.92 Å². The minimum atomic E-state index is 0.768. The molecule has 0 heterocycles. The molecule has 0 saturated heterocycles. The highest BCUT2D eigenvalue weighted by atomic mass is 16.5. The number of hydrogen-bond donors (Lipinski definition) is 1.